The SMILES string of the molecule is CCOCc1cccc(S(=O)(=O)F)c1. The van der Waals surface area contributed by atoms with E-state index in [-0.39, 0.29) is 4.90 Å². The van der Waals surface area contributed by atoms with Gasteiger partial charge in [-0.1, -0.05) is 12.1 Å². The summed E-state index contributed by atoms with van der Waals surface area (Å²) < 4.78 is 38.7. The van der Waals surface area contributed by atoms with Crippen molar-refractivity contribution in [2.45, 2.75) is 18.4 Å². The number of ether oxygens (including phenoxy) is 1. The zero-order valence-electron chi connectivity index (χ0n) is 7.73. The maximum absolute atomic E-state index is 12.6. The summed E-state index contributed by atoms with van der Waals surface area (Å²) in [4.78, 5) is -0.324. The average molecular weight is 218 g/mol. The first-order chi connectivity index (χ1) is 6.54. The molecule has 78 valence electrons. The molecule has 3 nitrogen and oxygen atoms in total. The van der Waals surface area contributed by atoms with Gasteiger partial charge in [0.2, 0.25) is 0 Å². The van der Waals surface area contributed by atoms with Gasteiger partial charge in [0.25, 0.3) is 0 Å². The molecule has 0 spiro atoms. The number of rotatable bonds is 4. The summed E-state index contributed by atoms with van der Waals surface area (Å²) in [6.45, 7) is 2.65. The third-order valence-corrected chi connectivity index (χ3v) is 2.47. The predicted molar refractivity (Wildman–Crippen MR) is 50.1 cm³/mol. The summed E-state index contributed by atoms with van der Waals surface area (Å²) in [6.07, 6.45) is 0. The Balaban J connectivity index is 2.90. The van der Waals surface area contributed by atoms with Gasteiger partial charge in [0.15, 0.2) is 0 Å². The normalized spacial score (nSPS) is 11.6. The molecule has 0 fully saturated rings. The van der Waals surface area contributed by atoms with Crippen molar-refractivity contribution in [3.05, 3.63) is 29.8 Å². The van der Waals surface area contributed by atoms with Crippen molar-refractivity contribution in [1.29, 1.82) is 0 Å². The Labute approximate surface area is 82.7 Å². The van der Waals surface area contributed by atoms with Gasteiger partial charge in [-0.05, 0) is 24.6 Å². The largest absolute Gasteiger partial charge is 0.377 e. The maximum atomic E-state index is 12.6. The van der Waals surface area contributed by atoms with Crippen LogP contribution in [0.2, 0.25) is 0 Å². The van der Waals surface area contributed by atoms with Gasteiger partial charge in [-0.25, -0.2) is 0 Å². The smallest absolute Gasteiger partial charge is 0.332 e. The molecule has 0 N–H and O–H groups in total. The van der Waals surface area contributed by atoms with Crippen molar-refractivity contribution in [3.63, 3.8) is 0 Å². The highest BCUT2D eigenvalue weighted by atomic mass is 32.3. The molecule has 1 aromatic rings. The first kappa shape index (κ1) is 11.1. The molecule has 0 unspecified atom stereocenters. The topological polar surface area (TPSA) is 43.4 Å². The summed E-state index contributed by atoms with van der Waals surface area (Å²) >= 11 is 0. The van der Waals surface area contributed by atoms with Crippen molar-refractivity contribution >= 4 is 10.2 Å². The zero-order chi connectivity index (χ0) is 10.6. The molecule has 0 bridgehead atoms. The molecule has 5 heteroatoms. The minimum absolute atomic E-state index is 0.292. The lowest BCUT2D eigenvalue weighted by Crippen LogP contribution is -1.96. The van der Waals surface area contributed by atoms with Gasteiger partial charge in [0.05, 0.1) is 11.5 Å². The fourth-order valence-corrected chi connectivity index (χ4v) is 1.54. The monoisotopic (exact) mass is 218 g/mol. The highest BCUT2D eigenvalue weighted by Gasteiger charge is 2.11. The molecule has 14 heavy (non-hydrogen) atoms. The van der Waals surface area contributed by atoms with Gasteiger partial charge in [0, 0.05) is 6.61 Å². The summed E-state index contributed by atoms with van der Waals surface area (Å²) in [5, 5.41) is 0. The highest BCUT2D eigenvalue weighted by Crippen LogP contribution is 2.14. The Morgan fingerprint density at radius 1 is 1.43 bits per heavy atom. The maximum Gasteiger partial charge on any atom is 0.332 e. The quantitative estimate of drug-likeness (QED) is 0.725. The summed E-state index contributed by atoms with van der Waals surface area (Å²) in [6, 6.07) is 5.65. The highest BCUT2D eigenvalue weighted by molar-refractivity contribution is 7.86. The van der Waals surface area contributed by atoms with E-state index < -0.39 is 10.2 Å². The van der Waals surface area contributed by atoms with Gasteiger partial charge in [-0.3, -0.25) is 0 Å². The summed E-state index contributed by atoms with van der Waals surface area (Å²) in [7, 11) is -4.61. The van der Waals surface area contributed by atoms with Crippen LogP contribution in [0, 0.1) is 0 Å². The van der Waals surface area contributed by atoms with E-state index in [0.717, 1.165) is 0 Å². The second kappa shape index (κ2) is 4.52. The van der Waals surface area contributed by atoms with E-state index in [9.17, 15) is 12.3 Å². The van der Waals surface area contributed by atoms with E-state index in [1.165, 1.54) is 18.2 Å². The molecule has 1 aromatic carbocycles. The zero-order valence-corrected chi connectivity index (χ0v) is 8.55. The Kier molecular flexibility index (Phi) is 3.60. The van der Waals surface area contributed by atoms with Crippen LogP contribution in [0.25, 0.3) is 0 Å². The van der Waals surface area contributed by atoms with Crippen molar-refractivity contribution in [1.82, 2.24) is 0 Å². The van der Waals surface area contributed by atoms with Crippen molar-refractivity contribution in [3.8, 4) is 0 Å². The van der Waals surface area contributed by atoms with E-state index in [1.54, 1.807) is 6.07 Å². The van der Waals surface area contributed by atoms with Crippen LogP contribution in [-0.2, 0) is 21.6 Å². The van der Waals surface area contributed by atoms with Crippen LogP contribution in [0.3, 0.4) is 0 Å². The molecule has 0 radical (unpaired) electrons. The lowest BCUT2D eigenvalue weighted by atomic mass is 10.2. The molecule has 0 aromatic heterocycles. The molecular weight excluding hydrogens is 207 g/mol. The number of hydrogen-bond donors (Lipinski definition) is 0. The first-order valence-electron chi connectivity index (χ1n) is 4.15. The van der Waals surface area contributed by atoms with Crippen molar-refractivity contribution < 1.29 is 17.0 Å². The van der Waals surface area contributed by atoms with Gasteiger partial charge >= 0.3 is 10.2 Å². The second-order valence-electron chi connectivity index (χ2n) is 2.72. The third-order valence-electron chi connectivity index (χ3n) is 1.65. The summed E-state index contributed by atoms with van der Waals surface area (Å²) in [5.41, 5.74) is 0.644. The fourth-order valence-electron chi connectivity index (χ4n) is 1.01. The second-order valence-corrected chi connectivity index (χ2v) is 4.07. The molecule has 0 amide bonds. The molecule has 0 aliphatic carbocycles. The third kappa shape index (κ3) is 3.08. The van der Waals surface area contributed by atoms with Crippen LogP contribution in [0.4, 0.5) is 3.89 Å². The van der Waals surface area contributed by atoms with Crippen molar-refractivity contribution in [2.24, 2.45) is 0 Å². The van der Waals surface area contributed by atoms with E-state index in [1.807, 2.05) is 6.92 Å². The fraction of sp³-hybridized carbons (Fsp3) is 0.333. The van der Waals surface area contributed by atoms with Crippen LogP contribution < -0.4 is 0 Å². The van der Waals surface area contributed by atoms with Crippen LogP contribution in [-0.4, -0.2) is 15.0 Å². The molecule has 1 rings (SSSR count). The molecule has 0 aliphatic rings. The van der Waals surface area contributed by atoms with Crippen LogP contribution in [0.1, 0.15) is 12.5 Å². The number of hydrogen-bond acceptors (Lipinski definition) is 3. The first-order valence-corrected chi connectivity index (χ1v) is 5.53. The number of halogens is 1. The van der Waals surface area contributed by atoms with E-state index in [2.05, 4.69) is 0 Å². The van der Waals surface area contributed by atoms with E-state index in [0.29, 0.717) is 18.8 Å². The van der Waals surface area contributed by atoms with E-state index >= 15 is 0 Å². The van der Waals surface area contributed by atoms with Gasteiger partial charge in [0.1, 0.15) is 0 Å². The Bertz CT molecular complexity index is 400. The summed E-state index contributed by atoms with van der Waals surface area (Å²) in [5.74, 6) is 0. The average Bonchev–Trinajstić information content (AvgIpc) is 2.14. The van der Waals surface area contributed by atoms with Crippen molar-refractivity contribution in [2.75, 3.05) is 6.61 Å². The van der Waals surface area contributed by atoms with E-state index in [4.69, 9.17) is 4.74 Å². The predicted octanol–water partition coefficient (Wildman–Crippen LogP) is 1.88. The van der Waals surface area contributed by atoms with Crippen LogP contribution >= 0.6 is 0 Å². The van der Waals surface area contributed by atoms with Gasteiger partial charge < -0.3 is 4.74 Å². The Morgan fingerprint density at radius 3 is 2.71 bits per heavy atom. The van der Waals surface area contributed by atoms with Crippen LogP contribution in [0.5, 0.6) is 0 Å². The molecule has 0 saturated carbocycles. The van der Waals surface area contributed by atoms with Gasteiger partial charge in [-0.15, -0.1) is 3.89 Å². The van der Waals surface area contributed by atoms with Gasteiger partial charge in [-0.2, -0.15) is 8.42 Å². The molecule has 0 atom stereocenters. The lowest BCUT2D eigenvalue weighted by molar-refractivity contribution is 0.134. The minimum atomic E-state index is -4.61. The minimum Gasteiger partial charge on any atom is -0.377 e. The Hall–Kier alpha value is -0.940. The molecule has 0 aliphatic heterocycles. The molecule has 0 heterocycles. The Morgan fingerprint density at radius 2 is 2.14 bits per heavy atom. The molecular formula is C9H11FO3S. The number of benzene rings is 1. The standard InChI is InChI=1S/C9H11FO3S/c1-2-13-7-8-4-3-5-9(6-8)14(10,11)12/h3-6H,2,7H2,1H3. The lowest BCUT2D eigenvalue weighted by Gasteiger charge is -2.02. The molecule has 0 saturated heterocycles. The van der Waals surface area contributed by atoms with Crippen LogP contribution in [0.15, 0.2) is 29.2 Å².